The van der Waals surface area contributed by atoms with Gasteiger partial charge in [0.05, 0.1) is 16.7 Å². The van der Waals surface area contributed by atoms with Crippen LogP contribution in [-0.2, 0) is 0 Å². The minimum Gasteiger partial charge on any atom is -0.434 e. The van der Waals surface area contributed by atoms with Crippen molar-refractivity contribution in [2.75, 3.05) is 27.6 Å². The predicted octanol–water partition coefficient (Wildman–Crippen LogP) is 6.52. The van der Waals surface area contributed by atoms with Crippen LogP contribution in [-0.4, -0.2) is 65.9 Å². The minimum atomic E-state index is -0.426. The van der Waals surface area contributed by atoms with Gasteiger partial charge in [-0.1, -0.05) is 66.7 Å². The first-order valence-electron chi connectivity index (χ1n) is 14.8. The van der Waals surface area contributed by atoms with Gasteiger partial charge in [-0.2, -0.15) is 9.15 Å². The van der Waals surface area contributed by atoms with Crippen molar-refractivity contribution in [2.45, 2.75) is 0 Å². The molecule has 0 bridgehead atoms. The summed E-state index contributed by atoms with van der Waals surface area (Å²) in [5, 5.41) is 0. The quantitative estimate of drug-likeness (QED) is 0.129. The SMILES string of the molecule is CN(C)C(=O)c1cccc2c1OC[N+](c1ccccc1)=C2.O=C(Oc1ccccc1)c1cccc2c1OC[N+](c1ccccc1)=C2. The summed E-state index contributed by atoms with van der Waals surface area (Å²) in [5.74, 6) is 1.24. The van der Waals surface area contributed by atoms with Gasteiger partial charge < -0.3 is 19.1 Å². The summed E-state index contributed by atoms with van der Waals surface area (Å²) in [5.41, 5.74) is 4.88. The van der Waals surface area contributed by atoms with Crippen LogP contribution in [0.2, 0.25) is 0 Å². The van der Waals surface area contributed by atoms with Crippen molar-refractivity contribution < 1.29 is 33.0 Å². The van der Waals surface area contributed by atoms with E-state index in [1.165, 1.54) is 0 Å². The Kier molecular flexibility index (Phi) is 8.97. The highest BCUT2D eigenvalue weighted by Gasteiger charge is 2.26. The van der Waals surface area contributed by atoms with Crippen LogP contribution >= 0.6 is 0 Å². The number of hydrogen-bond donors (Lipinski definition) is 0. The lowest BCUT2D eigenvalue weighted by atomic mass is 10.1. The van der Waals surface area contributed by atoms with Crippen molar-refractivity contribution in [3.63, 3.8) is 0 Å². The van der Waals surface area contributed by atoms with Crippen molar-refractivity contribution in [3.05, 3.63) is 150 Å². The van der Waals surface area contributed by atoms with Crippen molar-refractivity contribution >= 4 is 35.7 Å². The molecule has 8 nitrogen and oxygen atoms in total. The van der Waals surface area contributed by atoms with E-state index in [1.807, 2.05) is 125 Å². The Balaban J connectivity index is 0.000000164. The lowest BCUT2D eigenvalue weighted by Gasteiger charge is -2.18. The van der Waals surface area contributed by atoms with Gasteiger partial charge in [-0.3, -0.25) is 4.79 Å². The summed E-state index contributed by atoms with van der Waals surface area (Å²) in [6, 6.07) is 40.1. The molecule has 0 unspecified atom stereocenters. The smallest absolute Gasteiger partial charge is 0.347 e. The zero-order chi connectivity index (χ0) is 31.9. The summed E-state index contributed by atoms with van der Waals surface area (Å²) in [6.45, 7) is 0.737. The van der Waals surface area contributed by atoms with Crippen LogP contribution in [0.5, 0.6) is 17.2 Å². The average molecular weight is 612 g/mol. The predicted molar refractivity (Wildman–Crippen MR) is 176 cm³/mol. The third kappa shape index (κ3) is 6.71. The maximum Gasteiger partial charge on any atom is 0.347 e. The topological polar surface area (TPSA) is 71.1 Å². The summed E-state index contributed by atoms with van der Waals surface area (Å²) < 4.78 is 21.2. The van der Waals surface area contributed by atoms with Gasteiger partial charge in [-0.05, 0) is 36.4 Å². The molecule has 2 aliphatic heterocycles. The van der Waals surface area contributed by atoms with Crippen molar-refractivity contribution in [1.29, 1.82) is 0 Å². The molecule has 0 aromatic heterocycles. The van der Waals surface area contributed by atoms with Gasteiger partial charge in [0.15, 0.2) is 23.9 Å². The van der Waals surface area contributed by atoms with Crippen LogP contribution in [0.15, 0.2) is 127 Å². The molecule has 0 radical (unpaired) electrons. The van der Waals surface area contributed by atoms with Gasteiger partial charge >= 0.3 is 5.97 Å². The molecule has 1 amide bonds. The summed E-state index contributed by atoms with van der Waals surface area (Å²) in [4.78, 5) is 26.3. The molecule has 0 N–H and O–H groups in total. The number of carbonyl (C=O) groups is 2. The average Bonchev–Trinajstić information content (AvgIpc) is 3.11. The van der Waals surface area contributed by atoms with E-state index in [1.54, 1.807) is 43.3 Å². The molecule has 7 rings (SSSR count). The van der Waals surface area contributed by atoms with E-state index in [0.29, 0.717) is 41.8 Å². The Bertz CT molecular complexity index is 1920. The highest BCUT2D eigenvalue weighted by Crippen LogP contribution is 2.29. The molecule has 5 aromatic rings. The Morgan fingerprint density at radius 2 is 1.04 bits per heavy atom. The van der Waals surface area contributed by atoms with Crippen LogP contribution in [0.1, 0.15) is 31.8 Å². The maximum absolute atomic E-state index is 12.5. The fraction of sp³-hybridized carbons (Fsp3) is 0.105. The molecule has 0 spiro atoms. The Morgan fingerprint density at radius 3 is 1.54 bits per heavy atom. The molecule has 228 valence electrons. The van der Waals surface area contributed by atoms with Crippen LogP contribution in [0.3, 0.4) is 0 Å². The Morgan fingerprint density at radius 1 is 0.587 bits per heavy atom. The number of para-hydroxylation sites is 5. The largest absolute Gasteiger partial charge is 0.434 e. The molecule has 0 saturated heterocycles. The second-order valence-electron chi connectivity index (χ2n) is 10.8. The number of ether oxygens (including phenoxy) is 3. The normalized spacial score (nSPS) is 12.7. The monoisotopic (exact) mass is 611 g/mol. The fourth-order valence-corrected chi connectivity index (χ4v) is 5.07. The van der Waals surface area contributed by atoms with Gasteiger partial charge in [0.1, 0.15) is 11.3 Å². The highest BCUT2D eigenvalue weighted by atomic mass is 16.5. The number of hydrogen-bond acceptors (Lipinski definition) is 5. The molecule has 0 saturated carbocycles. The molecule has 5 aromatic carbocycles. The number of nitrogens with zero attached hydrogens (tertiary/aromatic N) is 3. The Hall–Kier alpha value is -6.02. The third-order valence-corrected chi connectivity index (χ3v) is 7.36. The molecule has 0 fully saturated rings. The fourth-order valence-electron chi connectivity index (χ4n) is 5.07. The molecule has 8 heteroatoms. The van der Waals surface area contributed by atoms with Crippen LogP contribution in [0.4, 0.5) is 11.4 Å². The number of rotatable bonds is 5. The number of benzene rings is 5. The van der Waals surface area contributed by atoms with Gasteiger partial charge in [0, 0.05) is 38.4 Å². The highest BCUT2D eigenvalue weighted by molar-refractivity contribution is 6.00. The van der Waals surface area contributed by atoms with Crippen LogP contribution < -0.4 is 14.2 Å². The maximum atomic E-state index is 12.5. The third-order valence-electron chi connectivity index (χ3n) is 7.36. The van der Waals surface area contributed by atoms with Crippen LogP contribution in [0.25, 0.3) is 0 Å². The van der Waals surface area contributed by atoms with E-state index in [0.717, 1.165) is 22.5 Å². The van der Waals surface area contributed by atoms with E-state index < -0.39 is 5.97 Å². The lowest BCUT2D eigenvalue weighted by Crippen LogP contribution is -2.26. The van der Waals surface area contributed by atoms with Gasteiger partial charge in [-0.25, -0.2) is 4.79 Å². The summed E-state index contributed by atoms with van der Waals surface area (Å²) >= 11 is 0. The van der Waals surface area contributed by atoms with E-state index in [2.05, 4.69) is 0 Å². The van der Waals surface area contributed by atoms with Crippen molar-refractivity contribution in [3.8, 4) is 17.2 Å². The summed E-state index contributed by atoms with van der Waals surface area (Å²) in [7, 11) is 3.48. The van der Waals surface area contributed by atoms with E-state index >= 15 is 0 Å². The van der Waals surface area contributed by atoms with Crippen LogP contribution in [0, 0.1) is 0 Å². The van der Waals surface area contributed by atoms with Gasteiger partial charge in [0.25, 0.3) is 19.4 Å². The standard InChI is InChI=1S/C21H16NO3.C17H17N2O2/c23-21(25-18-11-5-2-6-12-18)19-13-7-8-16-14-22(15-24-20(16)19)17-9-3-1-4-10-17;1-18(2)17(20)15-10-6-7-13-11-19(12-21-16(13)15)14-8-4-3-5-9-14/h1-14H,15H2;3-11H,12H2,1-2H3/q2*+1. The zero-order valence-electron chi connectivity index (χ0n) is 25.6. The lowest BCUT2D eigenvalue weighted by molar-refractivity contribution is -0.476. The van der Waals surface area contributed by atoms with Gasteiger partial charge in [-0.15, -0.1) is 0 Å². The first kappa shape index (κ1) is 30.0. The molecule has 2 heterocycles. The molecule has 0 atom stereocenters. The number of esters is 1. The first-order chi connectivity index (χ1) is 22.5. The number of amides is 1. The minimum absolute atomic E-state index is 0.0478. The number of carbonyl (C=O) groups excluding carboxylic acids is 2. The van der Waals surface area contributed by atoms with Crippen molar-refractivity contribution in [1.82, 2.24) is 4.90 Å². The van der Waals surface area contributed by atoms with Gasteiger partial charge in [0.2, 0.25) is 11.4 Å². The van der Waals surface area contributed by atoms with E-state index in [-0.39, 0.29) is 5.91 Å². The zero-order valence-corrected chi connectivity index (χ0v) is 25.6. The number of fused-ring (bicyclic) bond motifs is 2. The molecule has 2 aliphatic rings. The molecule has 0 aliphatic carbocycles. The molecular weight excluding hydrogens is 578 g/mol. The van der Waals surface area contributed by atoms with E-state index in [9.17, 15) is 9.59 Å². The van der Waals surface area contributed by atoms with Crippen molar-refractivity contribution in [2.24, 2.45) is 0 Å². The molecular formula is C38H33N3O5+2. The molecule has 46 heavy (non-hydrogen) atoms. The second-order valence-corrected chi connectivity index (χ2v) is 10.8. The summed E-state index contributed by atoms with van der Waals surface area (Å²) in [6.07, 6.45) is 3.99. The first-order valence-corrected chi connectivity index (χ1v) is 14.8. The van der Waals surface area contributed by atoms with E-state index in [4.69, 9.17) is 14.2 Å². The second kappa shape index (κ2) is 13.7. The Labute approximate surface area is 267 Å².